The number of amides is 2. The first-order chi connectivity index (χ1) is 15.6. The first-order valence-electron chi connectivity index (χ1n) is 10.3. The predicted molar refractivity (Wildman–Crippen MR) is 113 cm³/mol. The van der Waals surface area contributed by atoms with E-state index in [-0.39, 0.29) is 11.5 Å². The molecule has 5 rings (SSSR count). The van der Waals surface area contributed by atoms with Crippen molar-refractivity contribution in [3.8, 4) is 5.69 Å². The molecule has 0 radical (unpaired) electrons. The zero-order valence-electron chi connectivity index (χ0n) is 17.1. The van der Waals surface area contributed by atoms with Gasteiger partial charge in [0, 0.05) is 0 Å². The largest absolute Gasteiger partial charge is 0.452 e. The van der Waals surface area contributed by atoms with Crippen LogP contribution < -0.4 is 10.2 Å². The van der Waals surface area contributed by atoms with Crippen molar-refractivity contribution < 1.29 is 19.1 Å². The van der Waals surface area contributed by atoms with Gasteiger partial charge in [0.15, 0.2) is 6.61 Å². The number of para-hydroxylation sites is 2. The van der Waals surface area contributed by atoms with Crippen molar-refractivity contribution in [3.05, 3.63) is 60.4 Å². The normalized spacial score (nSPS) is 16.5. The number of ether oxygens (including phenoxy) is 1. The highest BCUT2D eigenvalue weighted by Gasteiger charge is 2.52. The lowest BCUT2D eigenvalue weighted by Gasteiger charge is -2.44. The molecule has 2 heterocycles. The Morgan fingerprint density at radius 2 is 1.91 bits per heavy atom. The summed E-state index contributed by atoms with van der Waals surface area (Å²) in [4.78, 5) is 40.4. The monoisotopic (exact) mass is 432 g/mol. The van der Waals surface area contributed by atoms with E-state index in [0.717, 1.165) is 12.8 Å². The SMILES string of the molecule is O=C(OCC(=O)N1c2ccccc2NC(=O)C12CCCC2)c1cccc(-n2cnnn2)c1. The van der Waals surface area contributed by atoms with Crippen LogP contribution in [0.3, 0.4) is 0 Å². The van der Waals surface area contributed by atoms with E-state index in [2.05, 4.69) is 20.8 Å². The summed E-state index contributed by atoms with van der Waals surface area (Å²) >= 11 is 0. The molecule has 1 N–H and O–H groups in total. The van der Waals surface area contributed by atoms with Gasteiger partial charge in [-0.3, -0.25) is 14.5 Å². The van der Waals surface area contributed by atoms with E-state index in [4.69, 9.17) is 4.74 Å². The second-order valence-electron chi connectivity index (χ2n) is 7.82. The molecule has 32 heavy (non-hydrogen) atoms. The maximum atomic E-state index is 13.3. The summed E-state index contributed by atoms with van der Waals surface area (Å²) in [6.07, 6.45) is 4.25. The number of hydrogen-bond acceptors (Lipinski definition) is 7. The lowest BCUT2D eigenvalue weighted by atomic mass is 9.90. The van der Waals surface area contributed by atoms with Crippen LogP contribution >= 0.6 is 0 Å². The second kappa shape index (κ2) is 7.88. The number of hydrogen-bond donors (Lipinski definition) is 1. The Morgan fingerprint density at radius 3 is 2.69 bits per heavy atom. The van der Waals surface area contributed by atoms with Crippen molar-refractivity contribution in [1.82, 2.24) is 20.2 Å². The number of carbonyl (C=O) groups excluding carboxylic acids is 3. The minimum atomic E-state index is -0.947. The highest BCUT2D eigenvalue weighted by molar-refractivity contribution is 6.15. The van der Waals surface area contributed by atoms with Crippen LogP contribution in [0.2, 0.25) is 0 Å². The lowest BCUT2D eigenvalue weighted by Crippen LogP contribution is -2.61. The maximum absolute atomic E-state index is 13.3. The minimum absolute atomic E-state index is 0.192. The van der Waals surface area contributed by atoms with Crippen LogP contribution in [0.25, 0.3) is 5.69 Å². The summed E-state index contributed by atoms with van der Waals surface area (Å²) in [7, 11) is 0. The third kappa shape index (κ3) is 3.29. The molecule has 162 valence electrons. The van der Waals surface area contributed by atoms with Crippen LogP contribution in [-0.4, -0.2) is 50.1 Å². The topological polar surface area (TPSA) is 119 Å². The fourth-order valence-electron chi connectivity index (χ4n) is 4.46. The van der Waals surface area contributed by atoms with Gasteiger partial charge in [0.2, 0.25) is 0 Å². The van der Waals surface area contributed by atoms with Gasteiger partial charge in [-0.2, -0.15) is 0 Å². The smallest absolute Gasteiger partial charge is 0.338 e. The summed E-state index contributed by atoms with van der Waals surface area (Å²) in [6.45, 7) is -0.475. The number of benzene rings is 2. The van der Waals surface area contributed by atoms with Gasteiger partial charge < -0.3 is 10.1 Å². The van der Waals surface area contributed by atoms with E-state index >= 15 is 0 Å². The average molecular weight is 432 g/mol. The van der Waals surface area contributed by atoms with Crippen LogP contribution in [0, 0.1) is 0 Å². The van der Waals surface area contributed by atoms with Crippen LogP contribution in [0.1, 0.15) is 36.0 Å². The van der Waals surface area contributed by atoms with E-state index in [9.17, 15) is 14.4 Å². The molecule has 0 bridgehead atoms. The summed E-state index contributed by atoms with van der Waals surface area (Å²) in [5.74, 6) is -1.27. The molecule has 1 fully saturated rings. The van der Waals surface area contributed by atoms with Crippen LogP contribution in [-0.2, 0) is 14.3 Å². The maximum Gasteiger partial charge on any atom is 0.338 e. The lowest BCUT2D eigenvalue weighted by molar-refractivity contribution is -0.129. The molecule has 1 spiro atoms. The first-order valence-corrected chi connectivity index (χ1v) is 10.3. The number of rotatable bonds is 4. The number of aromatic nitrogens is 4. The Kier molecular flexibility index (Phi) is 4.89. The van der Waals surface area contributed by atoms with E-state index in [1.54, 1.807) is 42.5 Å². The quantitative estimate of drug-likeness (QED) is 0.627. The molecule has 1 aromatic heterocycles. The summed E-state index contributed by atoms with van der Waals surface area (Å²) < 4.78 is 6.76. The average Bonchev–Trinajstić information content (AvgIpc) is 3.52. The summed E-state index contributed by atoms with van der Waals surface area (Å²) in [5.41, 5.74) is 1.10. The Bertz CT molecular complexity index is 1190. The molecule has 2 amide bonds. The van der Waals surface area contributed by atoms with E-state index in [0.29, 0.717) is 29.9 Å². The number of anilines is 2. The van der Waals surface area contributed by atoms with Crippen LogP contribution in [0.15, 0.2) is 54.9 Å². The molecule has 1 aliphatic heterocycles. The molecule has 0 saturated heterocycles. The Labute approximate surface area is 183 Å². The number of fused-ring (bicyclic) bond motifs is 1. The number of nitrogens with zero attached hydrogens (tertiary/aromatic N) is 5. The summed E-state index contributed by atoms with van der Waals surface area (Å²) in [6, 6.07) is 13.7. The first kappa shape index (κ1) is 19.9. The van der Waals surface area contributed by atoms with Crippen LogP contribution in [0.5, 0.6) is 0 Å². The van der Waals surface area contributed by atoms with Crippen molar-refractivity contribution >= 4 is 29.2 Å². The number of nitrogens with one attached hydrogen (secondary N) is 1. The van der Waals surface area contributed by atoms with E-state index in [1.165, 1.54) is 15.9 Å². The number of tetrazole rings is 1. The molecule has 0 unspecified atom stereocenters. The van der Waals surface area contributed by atoms with E-state index in [1.807, 2.05) is 6.07 Å². The van der Waals surface area contributed by atoms with Crippen molar-refractivity contribution in [2.24, 2.45) is 0 Å². The van der Waals surface area contributed by atoms with Gasteiger partial charge in [0.1, 0.15) is 11.9 Å². The molecule has 1 saturated carbocycles. The third-order valence-corrected chi connectivity index (χ3v) is 5.95. The number of esters is 1. The molecule has 2 aliphatic rings. The zero-order valence-corrected chi connectivity index (χ0v) is 17.1. The highest BCUT2D eigenvalue weighted by Crippen LogP contribution is 2.45. The van der Waals surface area contributed by atoms with Gasteiger partial charge in [-0.25, -0.2) is 9.48 Å². The van der Waals surface area contributed by atoms with Gasteiger partial charge in [0.05, 0.1) is 22.6 Å². The number of carbonyl (C=O) groups is 3. The molecule has 2 aromatic carbocycles. The highest BCUT2D eigenvalue weighted by atomic mass is 16.5. The fourth-order valence-corrected chi connectivity index (χ4v) is 4.46. The molecule has 0 atom stereocenters. The van der Waals surface area contributed by atoms with Crippen molar-refractivity contribution in [1.29, 1.82) is 0 Å². The third-order valence-electron chi connectivity index (χ3n) is 5.95. The predicted octanol–water partition coefficient (Wildman–Crippen LogP) is 2.12. The van der Waals surface area contributed by atoms with Gasteiger partial charge in [-0.05, 0) is 53.6 Å². The Balaban J connectivity index is 1.37. The van der Waals surface area contributed by atoms with Gasteiger partial charge >= 0.3 is 5.97 Å². The minimum Gasteiger partial charge on any atom is -0.452 e. The molecular formula is C22H20N6O4. The molecule has 10 heteroatoms. The Hall–Kier alpha value is -4.08. The van der Waals surface area contributed by atoms with Gasteiger partial charge in [0.25, 0.3) is 11.8 Å². The van der Waals surface area contributed by atoms with Crippen molar-refractivity contribution in [2.45, 2.75) is 31.2 Å². The van der Waals surface area contributed by atoms with Gasteiger partial charge in [-0.15, -0.1) is 5.10 Å². The Morgan fingerprint density at radius 1 is 1.09 bits per heavy atom. The van der Waals surface area contributed by atoms with Gasteiger partial charge in [-0.1, -0.05) is 31.0 Å². The fraction of sp³-hybridized carbons (Fsp3) is 0.273. The molecule has 3 aromatic rings. The zero-order chi connectivity index (χ0) is 22.1. The second-order valence-corrected chi connectivity index (χ2v) is 7.82. The molecule has 1 aliphatic carbocycles. The van der Waals surface area contributed by atoms with E-state index < -0.39 is 24.0 Å². The standard InChI is InChI=1S/C22H20N6O4/c29-19(13-32-20(30)15-6-5-7-16(12-15)27-14-23-25-26-27)28-18-9-2-1-8-17(18)24-21(31)22(28)10-3-4-11-22/h1-2,5-9,12,14H,3-4,10-11,13H2,(H,24,31). The molecular weight excluding hydrogens is 412 g/mol. The van der Waals surface area contributed by atoms with Crippen molar-refractivity contribution in [3.63, 3.8) is 0 Å². The molecule has 10 nitrogen and oxygen atoms in total. The van der Waals surface area contributed by atoms with Crippen molar-refractivity contribution in [2.75, 3.05) is 16.8 Å². The van der Waals surface area contributed by atoms with Crippen LogP contribution in [0.4, 0.5) is 11.4 Å². The summed E-state index contributed by atoms with van der Waals surface area (Å²) in [5, 5.41) is 13.9.